The maximum Gasteiger partial charge on any atom is 0.410 e. The molecular weight excluding hydrogens is 322 g/mol. The van der Waals surface area contributed by atoms with Gasteiger partial charge in [-0.1, -0.05) is 12.8 Å². The average Bonchev–Trinajstić information content (AvgIpc) is 2.65. The van der Waals surface area contributed by atoms with E-state index in [0.717, 1.165) is 31.2 Å². The van der Waals surface area contributed by atoms with Crippen LogP contribution in [0.1, 0.15) is 43.7 Å². The van der Waals surface area contributed by atoms with Crippen LogP contribution in [0, 0.1) is 5.92 Å². The molecule has 138 valence electrons. The highest BCUT2D eigenvalue weighted by atomic mass is 16.5. The summed E-state index contributed by atoms with van der Waals surface area (Å²) in [5.41, 5.74) is 0.150. The lowest BCUT2D eigenvalue weighted by molar-refractivity contribution is -0.118. The summed E-state index contributed by atoms with van der Waals surface area (Å²) < 4.78 is 15.9. The molecule has 3 atom stereocenters. The van der Waals surface area contributed by atoms with Crippen LogP contribution in [0.5, 0.6) is 11.5 Å². The van der Waals surface area contributed by atoms with Gasteiger partial charge in [-0.25, -0.2) is 4.79 Å². The van der Waals surface area contributed by atoms with Gasteiger partial charge in [0.05, 0.1) is 33.0 Å². The van der Waals surface area contributed by atoms with E-state index in [2.05, 4.69) is 0 Å². The number of carbonyl (C=O) groups is 1. The molecule has 6 heteroatoms. The van der Waals surface area contributed by atoms with Crippen LogP contribution in [0.2, 0.25) is 0 Å². The normalized spacial score (nSPS) is 28.9. The van der Waals surface area contributed by atoms with E-state index in [0.29, 0.717) is 24.5 Å². The highest BCUT2D eigenvalue weighted by Crippen LogP contribution is 2.51. The summed E-state index contributed by atoms with van der Waals surface area (Å²) in [6, 6.07) is 5.34. The molecule has 1 aromatic rings. The molecule has 1 aliphatic carbocycles. The molecule has 0 bridgehead atoms. The van der Waals surface area contributed by atoms with Crippen molar-refractivity contribution in [2.75, 3.05) is 27.9 Å². The van der Waals surface area contributed by atoms with E-state index in [1.807, 2.05) is 18.2 Å². The maximum absolute atomic E-state index is 12.4. The molecule has 0 unspecified atom stereocenters. The van der Waals surface area contributed by atoms with Crippen molar-refractivity contribution in [3.05, 3.63) is 23.8 Å². The first-order chi connectivity index (χ1) is 12.0. The number of amides is 1. The topological polar surface area (TPSA) is 68.2 Å². The van der Waals surface area contributed by atoms with E-state index in [1.54, 1.807) is 19.1 Å². The number of aliphatic hydroxyl groups is 1. The van der Waals surface area contributed by atoms with Gasteiger partial charge in [0.15, 0.2) is 0 Å². The van der Waals surface area contributed by atoms with E-state index >= 15 is 0 Å². The molecule has 3 rings (SSSR count). The number of benzene rings is 1. The maximum atomic E-state index is 12.4. The second-order valence-electron chi connectivity index (χ2n) is 6.92. The fourth-order valence-corrected chi connectivity index (χ4v) is 4.45. The van der Waals surface area contributed by atoms with Crippen LogP contribution >= 0.6 is 0 Å². The van der Waals surface area contributed by atoms with Gasteiger partial charge in [-0.3, -0.25) is 0 Å². The minimum atomic E-state index is -0.738. The van der Waals surface area contributed by atoms with Crippen molar-refractivity contribution < 1.29 is 24.1 Å². The number of methoxy groups -OCH3 is 3. The van der Waals surface area contributed by atoms with Gasteiger partial charge >= 0.3 is 6.09 Å². The number of fused-ring (bicyclic) bond motifs is 1. The fraction of sp³-hybridized carbons (Fsp3) is 0.632. The summed E-state index contributed by atoms with van der Waals surface area (Å²) in [5, 5.41) is 11.2. The van der Waals surface area contributed by atoms with Gasteiger partial charge in [0, 0.05) is 24.1 Å². The summed E-state index contributed by atoms with van der Waals surface area (Å²) in [5.74, 6) is 1.32. The zero-order chi connectivity index (χ0) is 18.0. The molecule has 1 saturated heterocycles. The third kappa shape index (κ3) is 3.15. The quantitative estimate of drug-likeness (QED) is 0.908. The van der Waals surface area contributed by atoms with Gasteiger partial charge in [0.25, 0.3) is 0 Å². The number of hydrogen-bond acceptors (Lipinski definition) is 5. The Morgan fingerprint density at radius 3 is 2.68 bits per heavy atom. The molecule has 2 fully saturated rings. The van der Waals surface area contributed by atoms with Crippen LogP contribution in [0.15, 0.2) is 18.2 Å². The minimum absolute atomic E-state index is 0.0311. The smallest absolute Gasteiger partial charge is 0.410 e. The van der Waals surface area contributed by atoms with E-state index in [-0.39, 0.29) is 18.1 Å². The summed E-state index contributed by atoms with van der Waals surface area (Å²) in [6.45, 7) is 0.472. The van der Waals surface area contributed by atoms with Crippen LogP contribution in [-0.4, -0.2) is 49.6 Å². The number of nitrogens with zero attached hydrogens (tertiary/aromatic N) is 1. The average molecular weight is 349 g/mol. The lowest BCUT2D eigenvalue weighted by Crippen LogP contribution is -2.56. The highest BCUT2D eigenvalue weighted by molar-refractivity contribution is 5.69. The summed E-state index contributed by atoms with van der Waals surface area (Å²) in [6.07, 6.45) is 3.96. The number of carbonyl (C=O) groups excluding carboxylic acids is 1. The summed E-state index contributed by atoms with van der Waals surface area (Å²) in [4.78, 5) is 14.1. The number of likely N-dealkylation sites (tertiary alicyclic amines) is 1. The lowest BCUT2D eigenvalue weighted by atomic mass is 9.66. The van der Waals surface area contributed by atoms with Crippen molar-refractivity contribution in [2.45, 2.75) is 43.7 Å². The second-order valence-corrected chi connectivity index (χ2v) is 6.92. The molecule has 1 N–H and O–H groups in total. The Morgan fingerprint density at radius 2 is 2.00 bits per heavy atom. The van der Waals surface area contributed by atoms with E-state index in [4.69, 9.17) is 14.2 Å². The van der Waals surface area contributed by atoms with Gasteiger partial charge in [0.1, 0.15) is 11.5 Å². The van der Waals surface area contributed by atoms with Crippen LogP contribution in [0.25, 0.3) is 0 Å². The first-order valence-electron chi connectivity index (χ1n) is 8.83. The van der Waals surface area contributed by atoms with E-state index in [9.17, 15) is 9.90 Å². The van der Waals surface area contributed by atoms with Crippen LogP contribution in [0.3, 0.4) is 0 Å². The molecule has 1 amide bonds. The third-order valence-corrected chi connectivity index (χ3v) is 5.74. The van der Waals surface area contributed by atoms with Gasteiger partial charge in [-0.2, -0.15) is 0 Å². The molecular formula is C19H27NO5. The van der Waals surface area contributed by atoms with Crippen LogP contribution < -0.4 is 9.47 Å². The van der Waals surface area contributed by atoms with Crippen molar-refractivity contribution in [1.29, 1.82) is 0 Å². The second kappa shape index (κ2) is 7.12. The Hall–Kier alpha value is -1.95. The fourth-order valence-electron chi connectivity index (χ4n) is 4.45. The Labute approximate surface area is 148 Å². The predicted molar refractivity (Wildman–Crippen MR) is 92.9 cm³/mol. The first kappa shape index (κ1) is 17.9. The Morgan fingerprint density at radius 1 is 1.20 bits per heavy atom. The number of ether oxygens (including phenoxy) is 3. The molecule has 1 aromatic carbocycles. The molecule has 0 aromatic heterocycles. The number of hydrogen-bond donors (Lipinski definition) is 1. The predicted octanol–water partition coefficient (Wildman–Crippen LogP) is 3.14. The van der Waals surface area contributed by atoms with Crippen molar-refractivity contribution in [3.63, 3.8) is 0 Å². The van der Waals surface area contributed by atoms with Gasteiger partial charge in [0.2, 0.25) is 0 Å². The summed E-state index contributed by atoms with van der Waals surface area (Å²) in [7, 11) is 4.61. The lowest BCUT2D eigenvalue weighted by Gasteiger charge is -2.52. The van der Waals surface area contributed by atoms with Crippen molar-refractivity contribution in [2.24, 2.45) is 5.92 Å². The third-order valence-electron chi connectivity index (χ3n) is 5.74. The molecule has 25 heavy (non-hydrogen) atoms. The van der Waals surface area contributed by atoms with Gasteiger partial charge in [-0.15, -0.1) is 0 Å². The molecule has 2 aliphatic rings. The highest BCUT2D eigenvalue weighted by Gasteiger charge is 2.51. The zero-order valence-corrected chi connectivity index (χ0v) is 15.2. The standard InChI is InChI=1S/C19H27NO5/c1-23-13-7-8-14(16(12-13)24-2)17-15-6-4-5-9-19(15,22)10-11-20(17)18(21)25-3/h7-8,12,15,17,22H,4-6,9-11H2,1-3H3/t15-,17-,19-/m1/s1. The largest absolute Gasteiger partial charge is 0.497 e. The first-order valence-corrected chi connectivity index (χ1v) is 8.83. The van der Waals surface area contributed by atoms with E-state index < -0.39 is 5.60 Å². The molecule has 6 nitrogen and oxygen atoms in total. The van der Waals surface area contributed by atoms with Crippen LogP contribution in [-0.2, 0) is 4.74 Å². The van der Waals surface area contributed by atoms with E-state index in [1.165, 1.54) is 7.11 Å². The molecule has 0 radical (unpaired) electrons. The van der Waals surface area contributed by atoms with Gasteiger partial charge in [-0.05, 0) is 31.4 Å². The van der Waals surface area contributed by atoms with Crippen molar-refractivity contribution >= 4 is 6.09 Å². The minimum Gasteiger partial charge on any atom is -0.497 e. The van der Waals surface area contributed by atoms with Gasteiger partial charge < -0.3 is 24.2 Å². The Balaban J connectivity index is 2.07. The summed E-state index contributed by atoms with van der Waals surface area (Å²) >= 11 is 0. The van der Waals surface area contributed by atoms with Crippen molar-refractivity contribution in [3.8, 4) is 11.5 Å². The molecule has 1 aliphatic heterocycles. The molecule has 1 saturated carbocycles. The monoisotopic (exact) mass is 349 g/mol. The SMILES string of the molecule is COC(=O)N1CC[C@]2(O)CCCC[C@@H]2[C@H]1c1ccc(OC)cc1OC. The Bertz CT molecular complexity index is 634. The number of piperidine rings is 1. The van der Waals surface area contributed by atoms with Crippen molar-refractivity contribution in [1.82, 2.24) is 4.90 Å². The zero-order valence-electron chi connectivity index (χ0n) is 15.2. The number of rotatable bonds is 3. The molecule has 1 heterocycles. The molecule has 0 spiro atoms. The Kier molecular flexibility index (Phi) is 5.08. The van der Waals surface area contributed by atoms with Crippen LogP contribution in [0.4, 0.5) is 4.79 Å².